The molecule has 0 aliphatic heterocycles. The van der Waals surface area contributed by atoms with E-state index in [0.717, 1.165) is 11.9 Å². The van der Waals surface area contributed by atoms with E-state index in [1.165, 1.54) is 7.05 Å². The number of carboxylic acid groups (broad SMARTS) is 1. The number of carbonyl (C=O) groups is 2. The molecule has 0 heterocycles. The molecule has 0 spiro atoms. The fourth-order valence-electron chi connectivity index (χ4n) is 0.501. The van der Waals surface area contributed by atoms with Crippen molar-refractivity contribution in [3.05, 3.63) is 5.21 Å². The molecule has 9 nitrogen and oxygen atoms in total. The highest BCUT2D eigenvalue weighted by Gasteiger charge is 2.10. The maximum Gasteiger partial charge on any atom is 0.329 e. The molecule has 0 aromatic heterocycles. The highest BCUT2D eigenvalue weighted by atomic mass is 16.8. The summed E-state index contributed by atoms with van der Waals surface area (Å²) in [5.41, 5.74) is 0. The van der Waals surface area contributed by atoms with Gasteiger partial charge in [0.05, 0.1) is 12.0 Å². The maximum atomic E-state index is 10.9. The first-order chi connectivity index (χ1) is 6.93. The molecule has 0 radical (unpaired) electrons. The Kier molecular flexibility index (Phi) is 5.52. The summed E-state index contributed by atoms with van der Waals surface area (Å²) < 4.78 is 4.30. The number of hydrogen-bond acceptors (Lipinski definition) is 6. The quantitative estimate of drug-likeness (QED) is 0.158. The zero-order valence-electron chi connectivity index (χ0n) is 8.24. The van der Waals surface area contributed by atoms with Crippen molar-refractivity contribution in [2.24, 2.45) is 5.28 Å². The molecule has 0 saturated heterocycles. The second-order valence-electron chi connectivity index (χ2n) is 2.43. The zero-order valence-corrected chi connectivity index (χ0v) is 8.24. The predicted molar refractivity (Wildman–Crippen MR) is 44.0 cm³/mol. The molecule has 0 fully saturated rings. The molecule has 0 atom stereocenters. The summed E-state index contributed by atoms with van der Waals surface area (Å²) in [5.74, 6) is -1.77. The Balaban J connectivity index is 3.86. The summed E-state index contributed by atoms with van der Waals surface area (Å²) in [4.78, 5) is 24.6. The van der Waals surface area contributed by atoms with Crippen molar-refractivity contribution >= 4 is 11.9 Å². The van der Waals surface area contributed by atoms with Crippen LogP contribution in [0.1, 0.15) is 6.92 Å². The van der Waals surface area contributed by atoms with Crippen LogP contribution in [0.3, 0.4) is 0 Å². The normalized spacial score (nSPS) is 10.7. The minimum Gasteiger partial charge on any atom is -0.569 e. The number of hydrazine groups is 1. The van der Waals surface area contributed by atoms with Gasteiger partial charge in [-0.1, -0.05) is 0 Å². The minimum atomic E-state index is -1.19. The van der Waals surface area contributed by atoms with Crippen LogP contribution in [0.2, 0.25) is 0 Å². The Morgan fingerprint density at radius 2 is 2.20 bits per heavy atom. The molecular formula is C6H11N3O6. The molecule has 15 heavy (non-hydrogen) atoms. The van der Waals surface area contributed by atoms with Crippen LogP contribution in [-0.4, -0.2) is 47.4 Å². The monoisotopic (exact) mass is 221 g/mol. The highest BCUT2D eigenvalue weighted by Crippen LogP contribution is 1.88. The minimum absolute atomic E-state index is 0.0718. The number of ether oxygens (including phenoxy) is 1. The molecule has 0 aromatic carbocycles. The smallest absolute Gasteiger partial charge is 0.329 e. The number of esters is 1. The van der Waals surface area contributed by atoms with Gasteiger partial charge in [-0.2, -0.15) is 0 Å². The second kappa shape index (κ2) is 6.40. The molecule has 86 valence electrons. The van der Waals surface area contributed by atoms with Crippen molar-refractivity contribution in [3.63, 3.8) is 0 Å². The molecule has 0 amide bonds. The Labute approximate surface area is 85.0 Å². The molecule has 0 unspecified atom stereocenters. The van der Waals surface area contributed by atoms with E-state index in [4.69, 9.17) is 5.11 Å². The zero-order chi connectivity index (χ0) is 11.8. The summed E-state index contributed by atoms with van der Waals surface area (Å²) >= 11 is 0. The van der Waals surface area contributed by atoms with E-state index < -0.39 is 25.3 Å². The first-order valence-corrected chi connectivity index (χ1v) is 3.80. The topological polar surface area (TPSA) is 114 Å². The van der Waals surface area contributed by atoms with Gasteiger partial charge in [-0.05, 0) is 0 Å². The summed E-state index contributed by atoms with van der Waals surface area (Å²) in [6.45, 7) is 0.133. The molecule has 1 N–H and O–H groups in total. The molecular weight excluding hydrogens is 210 g/mol. The molecule has 0 aliphatic rings. The van der Waals surface area contributed by atoms with Crippen molar-refractivity contribution in [2.45, 2.75) is 6.92 Å². The lowest BCUT2D eigenvalue weighted by Crippen LogP contribution is -2.31. The van der Waals surface area contributed by atoms with Crippen molar-refractivity contribution in [1.82, 2.24) is 5.01 Å². The van der Waals surface area contributed by atoms with Crippen LogP contribution in [0.4, 0.5) is 0 Å². The van der Waals surface area contributed by atoms with E-state index in [1.54, 1.807) is 0 Å². The maximum absolute atomic E-state index is 10.9. The molecule has 0 saturated carbocycles. The van der Waals surface area contributed by atoms with Crippen molar-refractivity contribution < 1.29 is 29.2 Å². The largest absolute Gasteiger partial charge is 0.569 e. The van der Waals surface area contributed by atoms with E-state index >= 15 is 0 Å². The van der Waals surface area contributed by atoms with Crippen molar-refractivity contribution in [1.29, 1.82) is 0 Å². The van der Waals surface area contributed by atoms with Gasteiger partial charge >= 0.3 is 11.9 Å². The van der Waals surface area contributed by atoms with E-state index in [1.807, 2.05) is 0 Å². The van der Waals surface area contributed by atoms with Gasteiger partial charge in [0.25, 0.3) is 6.79 Å². The average Bonchev–Trinajstić information content (AvgIpc) is 2.10. The molecule has 0 aliphatic carbocycles. The van der Waals surface area contributed by atoms with Gasteiger partial charge in [0.15, 0.2) is 6.54 Å². The van der Waals surface area contributed by atoms with E-state index in [2.05, 4.69) is 14.9 Å². The number of aliphatic carboxylic acids is 1. The van der Waals surface area contributed by atoms with Crippen molar-refractivity contribution in [3.8, 4) is 0 Å². The third-order valence-electron chi connectivity index (χ3n) is 1.10. The summed E-state index contributed by atoms with van der Waals surface area (Å²) in [6, 6.07) is 0. The van der Waals surface area contributed by atoms with Crippen LogP contribution in [0.25, 0.3) is 0 Å². The highest BCUT2D eigenvalue weighted by molar-refractivity contribution is 5.68. The van der Waals surface area contributed by atoms with Gasteiger partial charge in [-0.15, -0.1) is 5.01 Å². The fourth-order valence-corrected chi connectivity index (χ4v) is 0.501. The van der Waals surface area contributed by atoms with Gasteiger partial charge in [0.1, 0.15) is 0 Å². The van der Waals surface area contributed by atoms with E-state index in [9.17, 15) is 14.8 Å². The number of carboxylic acids is 1. The van der Waals surface area contributed by atoms with Crippen LogP contribution in [0.5, 0.6) is 0 Å². The molecule has 0 aromatic rings. The fraction of sp³-hybridized carbons (Fsp3) is 0.667. The lowest BCUT2D eigenvalue weighted by molar-refractivity contribution is -0.704. The SMILES string of the molecule is CC(=O)OCO/N=[N+](/[O-])N(C)CC(=O)O. The van der Waals surface area contributed by atoms with Crippen LogP contribution < -0.4 is 0 Å². The third kappa shape index (κ3) is 7.05. The number of likely N-dealkylation sites (N-methyl/N-ethyl adjacent to an activating group) is 1. The number of carbonyl (C=O) groups excluding carboxylic acids is 1. The lowest BCUT2D eigenvalue weighted by Gasteiger charge is -2.09. The van der Waals surface area contributed by atoms with Gasteiger partial charge in [0.2, 0.25) is 5.28 Å². The van der Waals surface area contributed by atoms with Crippen LogP contribution in [0.15, 0.2) is 5.28 Å². The molecule has 0 bridgehead atoms. The van der Waals surface area contributed by atoms with Gasteiger partial charge in [-0.3, -0.25) is 9.59 Å². The Morgan fingerprint density at radius 1 is 1.60 bits per heavy atom. The van der Waals surface area contributed by atoms with Crippen molar-refractivity contribution in [2.75, 3.05) is 20.4 Å². The van der Waals surface area contributed by atoms with Gasteiger partial charge in [0, 0.05) is 6.92 Å². The molecule has 0 rings (SSSR count). The number of hydrogen-bond donors (Lipinski definition) is 1. The number of nitrogens with zero attached hydrogens (tertiary/aromatic N) is 3. The summed E-state index contributed by atoms with van der Waals surface area (Å²) in [6.07, 6.45) is 0. The van der Waals surface area contributed by atoms with Gasteiger partial charge in [-0.25, -0.2) is 0 Å². The third-order valence-corrected chi connectivity index (χ3v) is 1.10. The van der Waals surface area contributed by atoms with Crippen LogP contribution in [0, 0.1) is 5.21 Å². The van der Waals surface area contributed by atoms with Crippen LogP contribution in [-0.2, 0) is 19.2 Å². The second-order valence-corrected chi connectivity index (χ2v) is 2.43. The first kappa shape index (κ1) is 12.9. The number of rotatable bonds is 6. The van der Waals surface area contributed by atoms with E-state index in [0.29, 0.717) is 0 Å². The first-order valence-electron chi connectivity index (χ1n) is 3.80. The summed E-state index contributed by atoms with van der Waals surface area (Å²) in [7, 11) is 1.21. The predicted octanol–water partition coefficient (Wildman–Crippen LogP) is -0.667. The lowest BCUT2D eigenvalue weighted by atomic mass is 10.7. The molecule has 9 heteroatoms. The Hall–Kier alpha value is -2.06. The average molecular weight is 221 g/mol. The van der Waals surface area contributed by atoms with Crippen LogP contribution >= 0.6 is 0 Å². The summed E-state index contributed by atoms with van der Waals surface area (Å²) in [5, 5.41) is 22.8. The van der Waals surface area contributed by atoms with E-state index in [-0.39, 0.29) is 4.97 Å². The Morgan fingerprint density at radius 3 is 2.67 bits per heavy atom. The Bertz CT molecular complexity index is 266. The standard InChI is InChI=1S/C6H11N3O6/c1-5(10)14-4-15-7-9(13)8(2)3-6(11)12/h3-4H2,1-2H3,(H,11,12)/b9-7+. The van der Waals surface area contributed by atoms with Gasteiger partial charge < -0.3 is 19.9 Å².